The summed E-state index contributed by atoms with van der Waals surface area (Å²) in [6, 6.07) is 4.53. The van der Waals surface area contributed by atoms with E-state index in [0.29, 0.717) is 12.5 Å². The summed E-state index contributed by atoms with van der Waals surface area (Å²) >= 11 is 0. The van der Waals surface area contributed by atoms with Gasteiger partial charge in [0.25, 0.3) is 0 Å². The Kier molecular flexibility index (Phi) is 4.43. The minimum absolute atomic E-state index is 0.0646. The molecule has 0 saturated heterocycles. The Labute approximate surface area is 128 Å². The van der Waals surface area contributed by atoms with Crippen LogP contribution in [-0.2, 0) is 11.2 Å². The summed E-state index contributed by atoms with van der Waals surface area (Å²) in [5.41, 5.74) is 1.63. The fraction of sp³-hybridized carbons (Fsp3) is 0.471. The Balaban J connectivity index is 1.57. The number of hydrogen-bond acceptors (Lipinski definition) is 2. The van der Waals surface area contributed by atoms with Crippen LogP contribution in [-0.4, -0.2) is 28.6 Å². The molecule has 3 rings (SSSR count). The van der Waals surface area contributed by atoms with Crippen molar-refractivity contribution in [3.8, 4) is 0 Å². The van der Waals surface area contributed by atoms with Gasteiger partial charge in [-0.15, -0.1) is 0 Å². The zero-order chi connectivity index (χ0) is 15.5. The number of amides is 1. The zero-order valence-electron chi connectivity index (χ0n) is 12.4. The van der Waals surface area contributed by atoms with Gasteiger partial charge in [-0.3, -0.25) is 4.79 Å². The maximum atomic E-state index is 13.3. The minimum atomic E-state index is -0.301. The van der Waals surface area contributed by atoms with Crippen molar-refractivity contribution in [2.75, 3.05) is 6.54 Å². The van der Waals surface area contributed by atoms with E-state index in [-0.39, 0.29) is 24.2 Å². The molecule has 2 aromatic rings. The third kappa shape index (κ3) is 3.47. The first-order chi connectivity index (χ1) is 10.6. The predicted molar refractivity (Wildman–Crippen MR) is 82.9 cm³/mol. The highest BCUT2D eigenvalue weighted by Gasteiger charge is 2.20. The van der Waals surface area contributed by atoms with E-state index in [2.05, 4.69) is 10.3 Å². The van der Waals surface area contributed by atoms with Crippen LogP contribution in [0.3, 0.4) is 0 Å². The third-order valence-electron chi connectivity index (χ3n) is 4.42. The maximum Gasteiger partial charge on any atom is 0.224 e. The fourth-order valence-corrected chi connectivity index (χ4v) is 3.24. The van der Waals surface area contributed by atoms with Gasteiger partial charge >= 0.3 is 0 Å². The number of aliphatic hydroxyl groups excluding tert-OH is 1. The van der Waals surface area contributed by atoms with Gasteiger partial charge in [0.1, 0.15) is 5.82 Å². The number of H-pyrrole nitrogens is 1. The second-order valence-corrected chi connectivity index (χ2v) is 6.17. The van der Waals surface area contributed by atoms with Crippen LogP contribution in [0.25, 0.3) is 10.9 Å². The number of aliphatic hydroxyl groups is 1. The first-order valence-electron chi connectivity index (χ1n) is 7.82. The Bertz CT molecular complexity index is 668. The number of fused-ring (bicyclic) bond motifs is 1. The quantitative estimate of drug-likeness (QED) is 0.812. The van der Waals surface area contributed by atoms with E-state index < -0.39 is 0 Å². The number of aromatic nitrogens is 1. The zero-order valence-corrected chi connectivity index (χ0v) is 12.4. The molecule has 3 N–H and O–H groups in total. The molecule has 0 radical (unpaired) electrons. The average Bonchev–Trinajstić information content (AvgIpc) is 2.88. The Morgan fingerprint density at radius 3 is 3.09 bits per heavy atom. The molecule has 1 aromatic heterocycles. The monoisotopic (exact) mass is 304 g/mol. The summed E-state index contributed by atoms with van der Waals surface area (Å²) in [6.45, 7) is 0.604. The van der Waals surface area contributed by atoms with Crippen LogP contribution in [0.4, 0.5) is 4.39 Å². The van der Waals surface area contributed by atoms with Gasteiger partial charge in [0.15, 0.2) is 0 Å². The van der Waals surface area contributed by atoms with E-state index in [4.69, 9.17) is 0 Å². The fourth-order valence-electron chi connectivity index (χ4n) is 3.24. The van der Waals surface area contributed by atoms with E-state index >= 15 is 0 Å². The molecule has 0 aliphatic heterocycles. The number of halogens is 1. The van der Waals surface area contributed by atoms with Crippen molar-refractivity contribution in [2.45, 2.75) is 38.2 Å². The lowest BCUT2D eigenvalue weighted by Crippen LogP contribution is -2.33. The molecule has 22 heavy (non-hydrogen) atoms. The number of hydrogen-bond donors (Lipinski definition) is 3. The van der Waals surface area contributed by atoms with Gasteiger partial charge in [-0.05, 0) is 48.9 Å². The van der Waals surface area contributed by atoms with Crippen LogP contribution in [0, 0.1) is 11.7 Å². The molecule has 1 aliphatic carbocycles. The summed E-state index contributed by atoms with van der Waals surface area (Å²) < 4.78 is 13.3. The average molecular weight is 304 g/mol. The van der Waals surface area contributed by atoms with Gasteiger partial charge in [-0.2, -0.15) is 0 Å². The standard InChI is InChI=1S/C17H21FN2O2/c18-13-4-5-16-15(8-13)12(10-19-16)7-17(22)20-9-11-2-1-3-14(21)6-11/h4-5,8,10-11,14,19,21H,1-3,6-7,9H2,(H,20,22). The summed E-state index contributed by atoms with van der Waals surface area (Å²) in [4.78, 5) is 15.1. The number of nitrogens with one attached hydrogen (secondary N) is 2. The molecule has 0 bridgehead atoms. The van der Waals surface area contributed by atoms with Crippen LogP contribution in [0.1, 0.15) is 31.2 Å². The van der Waals surface area contributed by atoms with Gasteiger partial charge in [-0.1, -0.05) is 6.42 Å². The first kappa shape index (κ1) is 15.0. The molecule has 2 atom stereocenters. The van der Waals surface area contributed by atoms with E-state index in [9.17, 15) is 14.3 Å². The van der Waals surface area contributed by atoms with Crippen LogP contribution in [0.5, 0.6) is 0 Å². The van der Waals surface area contributed by atoms with Crippen molar-refractivity contribution in [1.29, 1.82) is 0 Å². The number of benzene rings is 1. The molecule has 1 amide bonds. The van der Waals surface area contributed by atoms with E-state index in [0.717, 1.165) is 42.1 Å². The topological polar surface area (TPSA) is 65.1 Å². The lowest BCUT2D eigenvalue weighted by atomic mass is 9.87. The van der Waals surface area contributed by atoms with Gasteiger partial charge in [0, 0.05) is 23.6 Å². The minimum Gasteiger partial charge on any atom is -0.393 e. The summed E-state index contributed by atoms with van der Waals surface area (Å²) in [5, 5.41) is 13.3. The summed E-state index contributed by atoms with van der Waals surface area (Å²) in [7, 11) is 0. The number of rotatable bonds is 4. The van der Waals surface area contributed by atoms with E-state index in [1.807, 2.05) is 0 Å². The van der Waals surface area contributed by atoms with E-state index in [1.165, 1.54) is 12.1 Å². The molecule has 1 fully saturated rings. The summed E-state index contributed by atoms with van der Waals surface area (Å²) in [5.74, 6) is -0.0108. The first-order valence-corrected chi connectivity index (χ1v) is 7.82. The molecule has 1 saturated carbocycles. The highest BCUT2D eigenvalue weighted by Crippen LogP contribution is 2.24. The second kappa shape index (κ2) is 6.48. The van der Waals surface area contributed by atoms with Crippen LogP contribution in [0.15, 0.2) is 24.4 Å². The molecule has 5 heteroatoms. The molecular formula is C17H21FN2O2. The molecule has 0 spiro atoms. The smallest absolute Gasteiger partial charge is 0.224 e. The second-order valence-electron chi connectivity index (χ2n) is 6.17. The van der Waals surface area contributed by atoms with Crippen LogP contribution in [0.2, 0.25) is 0 Å². The van der Waals surface area contributed by atoms with Crippen LogP contribution < -0.4 is 5.32 Å². The van der Waals surface area contributed by atoms with Crippen molar-refractivity contribution >= 4 is 16.8 Å². The molecule has 4 nitrogen and oxygen atoms in total. The van der Waals surface area contributed by atoms with Gasteiger partial charge in [-0.25, -0.2) is 4.39 Å². The lowest BCUT2D eigenvalue weighted by Gasteiger charge is -2.25. The third-order valence-corrected chi connectivity index (χ3v) is 4.42. The van der Waals surface area contributed by atoms with Crippen molar-refractivity contribution in [3.63, 3.8) is 0 Å². The maximum absolute atomic E-state index is 13.3. The molecule has 1 aromatic carbocycles. The molecule has 2 unspecified atom stereocenters. The SMILES string of the molecule is O=C(Cc1c[nH]c2ccc(F)cc12)NCC1CCCC(O)C1. The van der Waals surface area contributed by atoms with E-state index in [1.54, 1.807) is 12.3 Å². The Morgan fingerprint density at radius 1 is 1.41 bits per heavy atom. The number of aromatic amines is 1. The van der Waals surface area contributed by atoms with Gasteiger partial charge in [0.05, 0.1) is 12.5 Å². The number of carbonyl (C=O) groups excluding carboxylic acids is 1. The largest absolute Gasteiger partial charge is 0.393 e. The van der Waals surface area contributed by atoms with Crippen LogP contribution >= 0.6 is 0 Å². The molecular weight excluding hydrogens is 283 g/mol. The van der Waals surface area contributed by atoms with Crippen molar-refractivity contribution in [2.24, 2.45) is 5.92 Å². The molecule has 1 heterocycles. The molecule has 1 aliphatic rings. The Hall–Kier alpha value is -1.88. The number of carbonyl (C=O) groups is 1. The molecule has 118 valence electrons. The predicted octanol–water partition coefficient (Wildman–Crippen LogP) is 2.52. The highest BCUT2D eigenvalue weighted by atomic mass is 19.1. The Morgan fingerprint density at radius 2 is 2.27 bits per heavy atom. The van der Waals surface area contributed by atoms with Crippen molar-refractivity contribution in [3.05, 3.63) is 35.8 Å². The normalized spacial score (nSPS) is 21.9. The summed E-state index contributed by atoms with van der Waals surface area (Å²) in [6.07, 6.45) is 5.46. The van der Waals surface area contributed by atoms with Crippen molar-refractivity contribution in [1.82, 2.24) is 10.3 Å². The lowest BCUT2D eigenvalue weighted by molar-refractivity contribution is -0.120. The highest BCUT2D eigenvalue weighted by molar-refractivity contribution is 5.88. The van der Waals surface area contributed by atoms with Gasteiger partial charge < -0.3 is 15.4 Å². The van der Waals surface area contributed by atoms with Crippen molar-refractivity contribution < 1.29 is 14.3 Å². The van der Waals surface area contributed by atoms with Gasteiger partial charge in [0.2, 0.25) is 5.91 Å².